The number of ether oxygens (including phenoxy) is 1. The van der Waals surface area contributed by atoms with E-state index >= 15 is 0 Å². The van der Waals surface area contributed by atoms with Crippen LogP contribution in [0.15, 0.2) is 18.1 Å². The molecule has 0 aliphatic carbocycles. The molecule has 0 rings (SSSR count). The van der Waals surface area contributed by atoms with Crippen molar-refractivity contribution in [3.05, 3.63) is 18.1 Å². The summed E-state index contributed by atoms with van der Waals surface area (Å²) in [4.78, 5) is 0. The molecule has 0 aliphatic rings. The summed E-state index contributed by atoms with van der Waals surface area (Å²) in [5.74, 6) is 0.842. The van der Waals surface area contributed by atoms with Crippen molar-refractivity contribution in [2.45, 2.75) is 12.8 Å². The van der Waals surface area contributed by atoms with Gasteiger partial charge in [-0.15, -0.1) is 0 Å². The monoisotopic (exact) mass is 190 g/mol. The Labute approximate surface area is 64.5 Å². The average Bonchev–Trinajstić information content (AvgIpc) is 1.91. The molecule has 0 atom stereocenters. The van der Waals surface area contributed by atoms with Gasteiger partial charge in [-0.05, 0) is 6.42 Å². The lowest BCUT2D eigenvalue weighted by Gasteiger charge is -1.99. The molecule has 1 nitrogen and oxygen atoms in total. The molecule has 9 heavy (non-hydrogen) atoms. The number of hydrogen-bond acceptors (Lipinski definition) is 1. The first-order valence-corrected chi connectivity index (χ1v) is 3.96. The molecule has 0 aromatic heterocycles. The Bertz CT molecular complexity index is 114. The Morgan fingerprint density at radius 2 is 2.44 bits per heavy atom. The third-order valence-corrected chi connectivity index (χ3v) is 1.54. The Balaban J connectivity index is 3.45. The van der Waals surface area contributed by atoms with Gasteiger partial charge < -0.3 is 4.74 Å². The first kappa shape index (κ1) is 8.80. The highest BCUT2D eigenvalue weighted by atomic mass is 79.9. The Hall–Kier alpha value is -0.200. The number of rotatable bonds is 4. The van der Waals surface area contributed by atoms with Crippen LogP contribution in [0.2, 0.25) is 0 Å². The van der Waals surface area contributed by atoms with Crippen molar-refractivity contribution in [3.63, 3.8) is 0 Å². The van der Waals surface area contributed by atoms with Crippen LogP contribution in [0.1, 0.15) is 12.8 Å². The van der Waals surface area contributed by atoms with Gasteiger partial charge in [-0.2, -0.15) is 0 Å². The van der Waals surface area contributed by atoms with E-state index in [1.807, 2.05) is 0 Å². The minimum Gasteiger partial charge on any atom is -0.493 e. The van der Waals surface area contributed by atoms with Crippen molar-refractivity contribution < 1.29 is 4.74 Å². The average molecular weight is 191 g/mol. The summed E-state index contributed by atoms with van der Waals surface area (Å²) in [5, 5.41) is 1.00. The van der Waals surface area contributed by atoms with Gasteiger partial charge in [0, 0.05) is 11.8 Å². The Morgan fingerprint density at radius 1 is 1.78 bits per heavy atom. The van der Waals surface area contributed by atoms with Gasteiger partial charge in [-0.3, -0.25) is 0 Å². The lowest BCUT2D eigenvalue weighted by molar-refractivity contribution is 0.278. The molecule has 0 unspecified atom stereocenters. The number of methoxy groups -OCH3 is 1. The maximum absolute atomic E-state index is 4.92. The van der Waals surface area contributed by atoms with Crippen LogP contribution in [-0.2, 0) is 4.74 Å². The molecule has 0 saturated heterocycles. The first-order chi connectivity index (χ1) is 4.35. The second-order valence-electron chi connectivity index (χ2n) is 1.60. The summed E-state index contributed by atoms with van der Waals surface area (Å²) in [7, 11) is 1.64. The molecule has 0 aromatic rings. The van der Waals surface area contributed by atoms with E-state index in [4.69, 9.17) is 4.74 Å². The molecule has 0 fully saturated rings. The summed E-state index contributed by atoms with van der Waals surface area (Å²) >= 11 is 3.32. The predicted octanol–water partition coefficient (Wildman–Crippen LogP) is 2.48. The van der Waals surface area contributed by atoms with Crippen molar-refractivity contribution in [3.8, 4) is 0 Å². The van der Waals surface area contributed by atoms with E-state index in [0.717, 1.165) is 23.9 Å². The maximum Gasteiger partial charge on any atom is 0.137 e. The van der Waals surface area contributed by atoms with Gasteiger partial charge >= 0.3 is 0 Å². The fourth-order valence-electron chi connectivity index (χ4n) is 0.490. The molecule has 0 heterocycles. The van der Waals surface area contributed by atoms with E-state index in [1.165, 1.54) is 0 Å². The van der Waals surface area contributed by atoms with Gasteiger partial charge in [0.05, 0.1) is 7.11 Å². The van der Waals surface area contributed by atoms with E-state index in [0.29, 0.717) is 0 Å². The van der Waals surface area contributed by atoms with Crippen LogP contribution < -0.4 is 0 Å². The van der Waals surface area contributed by atoms with Crippen molar-refractivity contribution in [1.29, 1.82) is 0 Å². The molecule has 0 aliphatic heterocycles. The first-order valence-electron chi connectivity index (χ1n) is 2.84. The standard InChI is InChI=1S/C7H11BrO/c1-3-7(9-2)5-4-6-8/h1,4-6H2,2H3. The molecule has 52 valence electrons. The summed E-state index contributed by atoms with van der Waals surface area (Å²) < 4.78 is 4.92. The maximum atomic E-state index is 4.92. The smallest absolute Gasteiger partial charge is 0.137 e. The molecule has 0 radical (unpaired) electrons. The third-order valence-electron chi connectivity index (χ3n) is 0.981. The van der Waals surface area contributed by atoms with Crippen LogP contribution in [0.5, 0.6) is 0 Å². The van der Waals surface area contributed by atoms with Crippen LogP contribution in [0.25, 0.3) is 0 Å². The zero-order chi connectivity index (χ0) is 7.11. The summed E-state index contributed by atoms with van der Waals surface area (Å²) in [6, 6.07) is 0. The molecule has 0 aromatic carbocycles. The second kappa shape index (κ2) is 5.93. The van der Waals surface area contributed by atoms with Crippen LogP contribution in [-0.4, -0.2) is 12.4 Å². The topological polar surface area (TPSA) is 9.23 Å². The highest BCUT2D eigenvalue weighted by Gasteiger charge is 1.91. The lowest BCUT2D eigenvalue weighted by atomic mass is 10.3. The zero-order valence-corrected chi connectivity index (χ0v) is 7.20. The van der Waals surface area contributed by atoms with Gasteiger partial charge in [-0.25, -0.2) is 0 Å². The molecule has 0 N–H and O–H groups in total. The van der Waals surface area contributed by atoms with Gasteiger partial charge in [-0.1, -0.05) is 28.2 Å². The Kier molecular flexibility index (Phi) is 5.80. The summed E-state index contributed by atoms with van der Waals surface area (Å²) in [6.45, 7) is 3.48. The highest BCUT2D eigenvalue weighted by Crippen LogP contribution is 2.04. The lowest BCUT2D eigenvalue weighted by Crippen LogP contribution is -1.85. The normalized spacial score (nSPS) is 8.22. The quantitative estimate of drug-likeness (QED) is 0.376. The van der Waals surface area contributed by atoms with Gasteiger partial charge in [0.25, 0.3) is 0 Å². The fraction of sp³-hybridized carbons (Fsp3) is 0.571. The summed E-state index contributed by atoms with van der Waals surface area (Å²) in [5.41, 5.74) is 2.71. The van der Waals surface area contributed by atoms with Gasteiger partial charge in [0.2, 0.25) is 0 Å². The van der Waals surface area contributed by atoms with E-state index in [2.05, 4.69) is 28.2 Å². The molecule has 0 saturated carbocycles. The largest absolute Gasteiger partial charge is 0.493 e. The fourth-order valence-corrected chi connectivity index (χ4v) is 0.770. The van der Waals surface area contributed by atoms with Crippen LogP contribution in [0, 0.1) is 0 Å². The Morgan fingerprint density at radius 3 is 2.78 bits per heavy atom. The zero-order valence-electron chi connectivity index (χ0n) is 5.61. The number of halogens is 1. The van der Waals surface area contributed by atoms with E-state index in [9.17, 15) is 0 Å². The number of alkyl halides is 1. The van der Waals surface area contributed by atoms with Crippen LogP contribution >= 0.6 is 15.9 Å². The van der Waals surface area contributed by atoms with E-state index < -0.39 is 0 Å². The number of hydrogen-bond donors (Lipinski definition) is 0. The number of allylic oxidation sites excluding steroid dienone is 1. The molecule has 0 spiro atoms. The van der Waals surface area contributed by atoms with Crippen molar-refractivity contribution in [1.82, 2.24) is 0 Å². The second-order valence-corrected chi connectivity index (χ2v) is 2.39. The minimum atomic E-state index is 0.842. The highest BCUT2D eigenvalue weighted by molar-refractivity contribution is 9.09. The predicted molar refractivity (Wildman–Crippen MR) is 42.7 cm³/mol. The minimum absolute atomic E-state index is 0.842. The molecule has 0 amide bonds. The van der Waals surface area contributed by atoms with Crippen LogP contribution in [0.3, 0.4) is 0 Å². The third kappa shape index (κ3) is 4.31. The SMILES string of the molecule is C=C=C(CCCBr)OC. The van der Waals surface area contributed by atoms with Crippen molar-refractivity contribution in [2.24, 2.45) is 0 Å². The summed E-state index contributed by atoms with van der Waals surface area (Å²) in [6.07, 6.45) is 2.00. The van der Waals surface area contributed by atoms with Crippen LogP contribution in [0.4, 0.5) is 0 Å². The van der Waals surface area contributed by atoms with E-state index in [1.54, 1.807) is 7.11 Å². The van der Waals surface area contributed by atoms with Gasteiger partial charge in [0.1, 0.15) is 5.76 Å². The molecule has 0 bridgehead atoms. The molecular weight excluding hydrogens is 180 g/mol. The molecule has 2 heteroatoms. The van der Waals surface area contributed by atoms with Crippen molar-refractivity contribution in [2.75, 3.05) is 12.4 Å². The molecular formula is C7H11BrO. The van der Waals surface area contributed by atoms with E-state index in [-0.39, 0.29) is 0 Å². The van der Waals surface area contributed by atoms with Gasteiger partial charge in [0.15, 0.2) is 0 Å². The van der Waals surface area contributed by atoms with Crippen molar-refractivity contribution >= 4 is 15.9 Å².